The molecular formula is C39H61N6O9P. The molecule has 6 atom stereocenters. The lowest BCUT2D eigenvalue weighted by molar-refractivity contribution is -0.157. The summed E-state index contributed by atoms with van der Waals surface area (Å²) in [7, 11) is -4.88. The highest BCUT2D eigenvalue weighted by atomic mass is 31.2. The second-order valence-electron chi connectivity index (χ2n) is 14.5. The first-order chi connectivity index (χ1) is 26.6. The molecule has 0 bridgehead atoms. The third-order valence-corrected chi connectivity index (χ3v) is 11.0. The minimum absolute atomic E-state index is 0.00310. The van der Waals surface area contributed by atoms with Crippen molar-refractivity contribution in [2.24, 2.45) is 0 Å². The maximum Gasteiger partial charge on any atom is 0.474 e. The number of nitrogens with zero attached hydrogens (tertiary/aromatic N) is 5. The van der Waals surface area contributed by atoms with Crippen molar-refractivity contribution in [1.82, 2.24) is 19.6 Å². The largest absolute Gasteiger partial charge is 0.474 e. The van der Waals surface area contributed by atoms with E-state index in [9.17, 15) is 24.9 Å². The van der Waals surface area contributed by atoms with Crippen molar-refractivity contribution >= 4 is 19.2 Å². The van der Waals surface area contributed by atoms with Crippen LogP contribution in [0.25, 0.3) is 5.52 Å². The van der Waals surface area contributed by atoms with Gasteiger partial charge in [-0.05, 0) is 37.6 Å². The van der Waals surface area contributed by atoms with Crippen LogP contribution in [-0.2, 0) is 40.0 Å². The molecule has 0 amide bonds. The number of aromatic nitrogens is 4. The highest BCUT2D eigenvalue weighted by molar-refractivity contribution is 7.47. The van der Waals surface area contributed by atoms with Crippen molar-refractivity contribution in [3.05, 3.63) is 53.7 Å². The minimum Gasteiger partial charge on any atom is -0.387 e. The average Bonchev–Trinajstić information content (AvgIpc) is 3.71. The number of nitrogen functional groups attached to an aromatic ring is 1. The number of nitriles is 1. The van der Waals surface area contributed by atoms with Crippen LogP contribution in [-0.4, -0.2) is 79.1 Å². The van der Waals surface area contributed by atoms with Gasteiger partial charge in [0, 0.05) is 6.61 Å². The lowest BCUT2D eigenvalue weighted by Gasteiger charge is -2.27. The molecule has 0 spiro atoms. The third kappa shape index (κ3) is 14.1. The Kier molecular flexibility index (Phi) is 18.9. The predicted molar refractivity (Wildman–Crippen MR) is 206 cm³/mol. The van der Waals surface area contributed by atoms with Gasteiger partial charge < -0.3 is 35.1 Å². The number of hydrogen-bond donors (Lipinski definition) is 4. The Balaban J connectivity index is 1.18. The first-order valence-electron chi connectivity index (χ1n) is 19.9. The number of aliphatic hydroxyl groups is 2. The maximum absolute atomic E-state index is 13.1. The van der Waals surface area contributed by atoms with Gasteiger partial charge in [0.15, 0.2) is 12.1 Å². The zero-order chi connectivity index (χ0) is 39.5. The number of rotatable bonds is 28. The van der Waals surface area contributed by atoms with Gasteiger partial charge in [-0.2, -0.15) is 10.4 Å². The van der Waals surface area contributed by atoms with Crippen LogP contribution < -0.4 is 5.73 Å². The van der Waals surface area contributed by atoms with Crippen molar-refractivity contribution < 1.29 is 42.9 Å². The normalized spacial score (nSPS) is 21.5. The molecule has 16 heteroatoms. The number of phosphoric ester groups is 1. The summed E-state index contributed by atoms with van der Waals surface area (Å²) in [5.74, 6) is 0.193. The Bertz CT molecular complexity index is 1660. The Morgan fingerprint density at radius 1 is 0.964 bits per heavy atom. The molecule has 4 rings (SSSR count). The number of unbranched alkanes of at least 4 members (excludes halogenated alkanes) is 15. The highest BCUT2D eigenvalue weighted by Crippen LogP contribution is 2.50. The minimum atomic E-state index is -4.88. The van der Waals surface area contributed by atoms with E-state index in [1.807, 2.05) is 6.07 Å². The van der Waals surface area contributed by atoms with Gasteiger partial charge in [0.2, 0.25) is 0 Å². The Morgan fingerprint density at radius 2 is 1.60 bits per heavy atom. The number of ether oxygens (including phenoxy) is 3. The number of pyridine rings is 1. The summed E-state index contributed by atoms with van der Waals surface area (Å²) < 4.78 is 42.8. The van der Waals surface area contributed by atoms with Crippen molar-refractivity contribution in [3.8, 4) is 6.07 Å². The standard InChI is InChI=1S/C39H61N6O9P/c1-3-4-5-6-7-8-9-10-11-12-13-14-15-16-17-18-24-50-27-32(51-26-31-21-19-20-30(25-40)44-31)28-52-55(48,49)54-38-35(46)36(47)39(2,53-38)34-23-22-33-37(41)42-29-43-45(33)34/h19-23,29,32,35-36,38,46-47H,3-18,24,26-28H2,1-2H3,(H,48,49)(H2,41,42,43)/t32-,35+,36-,38-,39+/m1/s1. The van der Waals surface area contributed by atoms with Crippen LogP contribution in [0.5, 0.6) is 0 Å². The summed E-state index contributed by atoms with van der Waals surface area (Å²) >= 11 is 0. The van der Waals surface area contributed by atoms with Gasteiger partial charge in [0.05, 0.1) is 31.2 Å². The molecule has 0 saturated carbocycles. The van der Waals surface area contributed by atoms with Crippen molar-refractivity contribution in [2.45, 2.75) is 153 Å². The van der Waals surface area contributed by atoms with Crippen molar-refractivity contribution in [1.29, 1.82) is 5.26 Å². The van der Waals surface area contributed by atoms with E-state index in [-0.39, 0.29) is 24.7 Å². The fraction of sp³-hybridized carbons (Fsp3) is 0.692. The smallest absolute Gasteiger partial charge is 0.387 e. The van der Waals surface area contributed by atoms with Crippen LogP contribution >= 0.6 is 7.82 Å². The van der Waals surface area contributed by atoms with Crippen LogP contribution in [0.15, 0.2) is 36.7 Å². The zero-order valence-corrected chi connectivity index (χ0v) is 33.4. The second-order valence-corrected chi connectivity index (χ2v) is 15.9. The first kappa shape index (κ1) is 44.7. The van der Waals surface area contributed by atoms with E-state index in [1.165, 1.54) is 101 Å². The van der Waals surface area contributed by atoms with Gasteiger partial charge in [-0.3, -0.25) is 9.05 Å². The van der Waals surface area contributed by atoms with Gasteiger partial charge in [0.25, 0.3) is 0 Å². The Morgan fingerprint density at radius 3 is 2.24 bits per heavy atom. The summed E-state index contributed by atoms with van der Waals surface area (Å²) in [4.78, 5) is 18.8. The summed E-state index contributed by atoms with van der Waals surface area (Å²) in [5, 5.41) is 35.2. The quantitative estimate of drug-likeness (QED) is 0.0436. The van der Waals surface area contributed by atoms with Crippen LogP contribution in [0.4, 0.5) is 5.82 Å². The molecule has 15 nitrogen and oxygen atoms in total. The van der Waals surface area contributed by atoms with E-state index in [0.29, 0.717) is 23.5 Å². The molecule has 1 aliphatic rings. The van der Waals surface area contributed by atoms with Gasteiger partial charge >= 0.3 is 7.82 Å². The molecule has 0 aliphatic carbocycles. The summed E-state index contributed by atoms with van der Waals surface area (Å²) in [5.41, 5.74) is 5.82. The average molecular weight is 789 g/mol. The summed E-state index contributed by atoms with van der Waals surface area (Å²) in [6.45, 7) is 3.88. The van der Waals surface area contributed by atoms with E-state index in [0.717, 1.165) is 19.3 Å². The Hall–Kier alpha value is -3.03. The molecule has 4 heterocycles. The Labute approximate surface area is 325 Å². The van der Waals surface area contributed by atoms with E-state index in [1.54, 1.807) is 30.3 Å². The number of fused-ring (bicyclic) bond motifs is 1. The SMILES string of the molecule is CCCCCCCCCCCCCCCCCCOC[C@H](COP(=O)(O)O[C@H]1O[C@@](C)(c2ccc3c(N)ncnn23)[C@H](O)[C@@H]1O)OCc1cccc(C#N)n1. The molecule has 306 valence electrons. The number of nitrogens with two attached hydrogens (primary N) is 1. The topological polar surface area (TPSA) is 217 Å². The monoisotopic (exact) mass is 788 g/mol. The second kappa shape index (κ2) is 23.3. The summed E-state index contributed by atoms with van der Waals surface area (Å²) in [6.07, 6.45) is 15.8. The summed E-state index contributed by atoms with van der Waals surface area (Å²) in [6, 6.07) is 10.2. The number of anilines is 1. The van der Waals surface area contributed by atoms with Crippen LogP contribution in [0.1, 0.15) is 134 Å². The number of hydrogen-bond acceptors (Lipinski definition) is 13. The lowest BCUT2D eigenvalue weighted by atomic mass is 9.94. The van der Waals surface area contributed by atoms with E-state index >= 15 is 0 Å². The van der Waals surface area contributed by atoms with Gasteiger partial charge in [0.1, 0.15) is 47.5 Å². The molecule has 0 radical (unpaired) electrons. The first-order valence-corrected chi connectivity index (χ1v) is 21.4. The third-order valence-electron chi connectivity index (χ3n) is 10.0. The van der Waals surface area contributed by atoms with Crippen LogP contribution in [0.3, 0.4) is 0 Å². The molecule has 0 aromatic carbocycles. The molecular weight excluding hydrogens is 727 g/mol. The van der Waals surface area contributed by atoms with Crippen molar-refractivity contribution in [3.63, 3.8) is 0 Å². The molecule has 1 aliphatic heterocycles. The van der Waals surface area contributed by atoms with Gasteiger partial charge in [-0.1, -0.05) is 109 Å². The van der Waals surface area contributed by atoms with Crippen molar-refractivity contribution in [2.75, 3.05) is 25.6 Å². The molecule has 55 heavy (non-hydrogen) atoms. The lowest BCUT2D eigenvalue weighted by Crippen LogP contribution is -2.39. The predicted octanol–water partition coefficient (Wildman–Crippen LogP) is 6.87. The fourth-order valence-corrected chi connectivity index (χ4v) is 7.60. The maximum atomic E-state index is 13.1. The molecule has 1 unspecified atom stereocenters. The molecule has 1 saturated heterocycles. The number of aliphatic hydroxyl groups excluding tert-OH is 2. The van der Waals surface area contributed by atoms with Crippen LogP contribution in [0.2, 0.25) is 0 Å². The molecule has 3 aromatic heterocycles. The fourth-order valence-electron chi connectivity index (χ4n) is 6.76. The molecule has 1 fully saturated rings. The zero-order valence-electron chi connectivity index (χ0n) is 32.5. The number of phosphoric acid groups is 1. The van der Waals surface area contributed by atoms with Crippen LogP contribution in [0, 0.1) is 11.3 Å². The molecule has 3 aromatic rings. The van der Waals surface area contributed by atoms with E-state index < -0.39 is 44.6 Å². The highest BCUT2D eigenvalue weighted by Gasteiger charge is 2.56. The van der Waals surface area contributed by atoms with E-state index in [2.05, 4.69) is 22.0 Å². The molecule has 5 N–H and O–H groups in total. The van der Waals surface area contributed by atoms with Gasteiger partial charge in [-0.15, -0.1) is 0 Å². The van der Waals surface area contributed by atoms with E-state index in [4.69, 9.17) is 29.0 Å². The van der Waals surface area contributed by atoms with Gasteiger partial charge in [-0.25, -0.2) is 19.0 Å².